The van der Waals surface area contributed by atoms with Crippen molar-refractivity contribution >= 4 is 22.6 Å². The van der Waals surface area contributed by atoms with Gasteiger partial charge in [0.25, 0.3) is 0 Å². The second-order valence-corrected chi connectivity index (χ2v) is 6.24. The first-order valence-electron chi connectivity index (χ1n) is 8.26. The fraction of sp³-hybridized carbons (Fsp3) is 0.0909. The molecule has 1 aliphatic carbocycles. The Labute approximate surface area is 147 Å². The number of pyridine rings is 1. The SMILES string of the molecule is CC1=C/C(=C\C=C2/C=CN(C)c3ccccc32)C(=O)c2ncccc21. The second-order valence-electron chi connectivity index (χ2n) is 6.24. The molecule has 0 saturated heterocycles. The van der Waals surface area contributed by atoms with E-state index >= 15 is 0 Å². The van der Waals surface area contributed by atoms with E-state index in [2.05, 4.69) is 28.1 Å². The standard InChI is InChI=1S/C22H18N2O/c1-15-14-17(22(25)21-18(15)7-5-12-23-21)10-9-16-11-13-24(2)20-8-4-3-6-19(16)20/h3-14H,1-2H3/b16-9+,17-10+. The van der Waals surface area contributed by atoms with Crippen LogP contribution < -0.4 is 4.90 Å². The normalized spacial score (nSPS) is 19.0. The maximum atomic E-state index is 12.7. The molecule has 0 atom stereocenters. The number of ketones is 1. The highest BCUT2D eigenvalue weighted by atomic mass is 16.1. The van der Waals surface area contributed by atoms with Gasteiger partial charge in [-0.1, -0.05) is 36.4 Å². The molecule has 3 nitrogen and oxygen atoms in total. The summed E-state index contributed by atoms with van der Waals surface area (Å²) in [6, 6.07) is 12.1. The van der Waals surface area contributed by atoms with Crippen LogP contribution in [-0.4, -0.2) is 17.8 Å². The summed E-state index contributed by atoms with van der Waals surface area (Å²) >= 11 is 0. The Hall–Kier alpha value is -3.20. The van der Waals surface area contributed by atoms with E-state index in [1.807, 2.05) is 62.7 Å². The number of hydrogen-bond acceptors (Lipinski definition) is 3. The molecule has 2 aromatic rings. The quantitative estimate of drug-likeness (QED) is 0.715. The largest absolute Gasteiger partial charge is 0.351 e. The Morgan fingerprint density at radius 1 is 1.00 bits per heavy atom. The summed E-state index contributed by atoms with van der Waals surface area (Å²) < 4.78 is 0. The van der Waals surface area contributed by atoms with Crippen molar-refractivity contribution in [2.75, 3.05) is 11.9 Å². The summed E-state index contributed by atoms with van der Waals surface area (Å²) in [4.78, 5) is 19.1. The second kappa shape index (κ2) is 6.02. The highest BCUT2D eigenvalue weighted by Gasteiger charge is 2.21. The monoisotopic (exact) mass is 326 g/mol. The molecule has 0 unspecified atom stereocenters. The van der Waals surface area contributed by atoms with E-state index in [4.69, 9.17) is 0 Å². The molecule has 3 heteroatoms. The molecule has 0 amide bonds. The number of nitrogens with zero attached hydrogens (tertiary/aromatic N) is 2. The molecule has 0 bridgehead atoms. The van der Waals surface area contributed by atoms with Gasteiger partial charge in [0.1, 0.15) is 5.69 Å². The third kappa shape index (κ3) is 2.64. The molecular formula is C22H18N2O. The van der Waals surface area contributed by atoms with Crippen LogP contribution in [0.25, 0.3) is 11.1 Å². The number of anilines is 1. The smallest absolute Gasteiger partial charge is 0.211 e. The minimum absolute atomic E-state index is 0.0248. The molecule has 0 radical (unpaired) electrons. The van der Waals surface area contributed by atoms with Crippen LogP contribution >= 0.6 is 0 Å². The Morgan fingerprint density at radius 3 is 2.64 bits per heavy atom. The fourth-order valence-electron chi connectivity index (χ4n) is 3.25. The molecule has 25 heavy (non-hydrogen) atoms. The van der Waals surface area contributed by atoms with Gasteiger partial charge >= 0.3 is 0 Å². The van der Waals surface area contributed by atoms with Crippen molar-refractivity contribution in [1.82, 2.24) is 4.98 Å². The number of rotatable bonds is 1. The van der Waals surface area contributed by atoms with Crippen molar-refractivity contribution in [2.24, 2.45) is 0 Å². The third-order valence-electron chi connectivity index (χ3n) is 4.60. The van der Waals surface area contributed by atoms with Crippen LogP contribution in [0, 0.1) is 0 Å². The lowest BCUT2D eigenvalue weighted by atomic mass is 9.90. The fourth-order valence-corrected chi connectivity index (χ4v) is 3.25. The van der Waals surface area contributed by atoms with Crippen LogP contribution in [-0.2, 0) is 0 Å². The number of aromatic nitrogens is 1. The predicted molar refractivity (Wildman–Crippen MR) is 102 cm³/mol. The van der Waals surface area contributed by atoms with Gasteiger partial charge < -0.3 is 4.90 Å². The van der Waals surface area contributed by atoms with Crippen LogP contribution in [0.1, 0.15) is 28.5 Å². The summed E-state index contributed by atoms with van der Waals surface area (Å²) in [7, 11) is 2.03. The van der Waals surface area contributed by atoms with Crippen molar-refractivity contribution in [3.05, 3.63) is 95.5 Å². The lowest BCUT2D eigenvalue weighted by Gasteiger charge is -2.23. The van der Waals surface area contributed by atoms with Crippen molar-refractivity contribution in [2.45, 2.75) is 6.92 Å². The van der Waals surface area contributed by atoms with Crippen LogP contribution in [0.4, 0.5) is 5.69 Å². The average Bonchev–Trinajstić information content (AvgIpc) is 2.65. The third-order valence-corrected chi connectivity index (χ3v) is 4.60. The van der Waals surface area contributed by atoms with Gasteiger partial charge in [-0.25, -0.2) is 0 Å². The number of allylic oxidation sites excluding steroid dienone is 7. The first kappa shape index (κ1) is 15.3. The Balaban J connectivity index is 1.76. The van der Waals surface area contributed by atoms with Gasteiger partial charge in [0.2, 0.25) is 5.78 Å². The molecule has 1 aromatic heterocycles. The topological polar surface area (TPSA) is 33.2 Å². The number of para-hydroxylation sites is 1. The van der Waals surface area contributed by atoms with E-state index in [1.165, 1.54) is 0 Å². The average molecular weight is 326 g/mol. The highest BCUT2D eigenvalue weighted by Crippen LogP contribution is 2.32. The minimum Gasteiger partial charge on any atom is -0.351 e. The van der Waals surface area contributed by atoms with Gasteiger partial charge in [0.15, 0.2) is 0 Å². The maximum Gasteiger partial charge on any atom is 0.211 e. The van der Waals surface area contributed by atoms with E-state index in [9.17, 15) is 4.79 Å². The summed E-state index contributed by atoms with van der Waals surface area (Å²) in [5.41, 5.74) is 6.59. The van der Waals surface area contributed by atoms with Crippen LogP contribution in [0.15, 0.2) is 78.7 Å². The lowest BCUT2D eigenvalue weighted by Crippen LogP contribution is -2.13. The molecule has 4 rings (SSSR count). The molecule has 0 N–H and O–H groups in total. The van der Waals surface area contributed by atoms with Crippen LogP contribution in [0.2, 0.25) is 0 Å². The molecule has 0 saturated carbocycles. The summed E-state index contributed by atoms with van der Waals surface area (Å²) in [6.07, 6.45) is 11.6. The highest BCUT2D eigenvalue weighted by molar-refractivity contribution is 6.15. The molecule has 0 spiro atoms. The molecular weight excluding hydrogens is 308 g/mol. The van der Waals surface area contributed by atoms with Crippen LogP contribution in [0.5, 0.6) is 0 Å². The van der Waals surface area contributed by atoms with E-state index in [-0.39, 0.29) is 5.78 Å². The first-order chi connectivity index (χ1) is 12.1. The number of carbonyl (C=O) groups is 1. The molecule has 1 aromatic carbocycles. The van der Waals surface area contributed by atoms with Crippen molar-refractivity contribution in [3.8, 4) is 0 Å². The Kier molecular flexibility index (Phi) is 3.69. The zero-order valence-corrected chi connectivity index (χ0v) is 14.2. The van der Waals surface area contributed by atoms with Gasteiger partial charge in [0, 0.05) is 41.8 Å². The molecule has 2 aliphatic rings. The lowest BCUT2D eigenvalue weighted by molar-refractivity contribution is 0.103. The van der Waals surface area contributed by atoms with E-state index < -0.39 is 0 Å². The Morgan fingerprint density at radius 2 is 1.76 bits per heavy atom. The van der Waals surface area contributed by atoms with Gasteiger partial charge in [-0.05, 0) is 42.4 Å². The zero-order chi connectivity index (χ0) is 17.4. The van der Waals surface area contributed by atoms with E-state index in [0.717, 1.165) is 28.0 Å². The number of Topliss-reactive ketones (excluding diaryl/α,β-unsaturated/α-hetero) is 1. The van der Waals surface area contributed by atoms with Crippen molar-refractivity contribution < 1.29 is 4.79 Å². The summed E-state index contributed by atoms with van der Waals surface area (Å²) in [6.45, 7) is 2.01. The van der Waals surface area contributed by atoms with Gasteiger partial charge in [-0.2, -0.15) is 0 Å². The molecule has 2 heterocycles. The van der Waals surface area contributed by atoms with Gasteiger partial charge in [0.05, 0.1) is 0 Å². The number of benzene rings is 1. The van der Waals surface area contributed by atoms with Crippen LogP contribution in [0.3, 0.4) is 0 Å². The Bertz CT molecular complexity index is 993. The van der Waals surface area contributed by atoms with Gasteiger partial charge in [-0.15, -0.1) is 0 Å². The first-order valence-corrected chi connectivity index (χ1v) is 8.26. The molecule has 122 valence electrons. The number of fused-ring (bicyclic) bond motifs is 2. The molecule has 1 aliphatic heterocycles. The predicted octanol–water partition coefficient (Wildman–Crippen LogP) is 4.65. The summed E-state index contributed by atoms with van der Waals surface area (Å²) in [5.74, 6) is -0.0248. The van der Waals surface area contributed by atoms with Gasteiger partial charge in [-0.3, -0.25) is 9.78 Å². The minimum atomic E-state index is -0.0248. The number of carbonyl (C=O) groups excluding carboxylic acids is 1. The summed E-state index contributed by atoms with van der Waals surface area (Å²) in [5, 5.41) is 0. The number of hydrogen-bond donors (Lipinski definition) is 0. The van der Waals surface area contributed by atoms with E-state index in [0.29, 0.717) is 11.3 Å². The zero-order valence-electron chi connectivity index (χ0n) is 14.2. The van der Waals surface area contributed by atoms with Crippen molar-refractivity contribution in [3.63, 3.8) is 0 Å². The maximum absolute atomic E-state index is 12.7. The van der Waals surface area contributed by atoms with E-state index in [1.54, 1.807) is 6.20 Å². The molecule has 0 fully saturated rings. The van der Waals surface area contributed by atoms with Crippen molar-refractivity contribution in [1.29, 1.82) is 0 Å².